The van der Waals surface area contributed by atoms with Crippen LogP contribution in [0.4, 0.5) is 10.2 Å². The van der Waals surface area contributed by atoms with Gasteiger partial charge in [-0.05, 0) is 29.8 Å². The molecular weight excluding hydrogens is 411 g/mol. The van der Waals surface area contributed by atoms with Gasteiger partial charge >= 0.3 is 0 Å². The Morgan fingerprint density at radius 3 is 2.60 bits per heavy atom. The van der Waals surface area contributed by atoms with E-state index in [9.17, 15) is 9.18 Å². The molecule has 0 bridgehead atoms. The lowest BCUT2D eigenvalue weighted by atomic mass is 10.1. The molecule has 0 aliphatic heterocycles. The van der Waals surface area contributed by atoms with E-state index < -0.39 is 11.7 Å². The van der Waals surface area contributed by atoms with Gasteiger partial charge in [0.15, 0.2) is 17.3 Å². The molecular formula is C20H14ClFN6O2. The molecule has 0 saturated heterocycles. The number of hydrogen-bond acceptors (Lipinski definition) is 6. The SMILES string of the molecule is NC(=O)c1nn(-c2ccccc2)cc1-c1ccc(Oc2ncnc(N)c2Cl)c(F)c1. The Kier molecular flexibility index (Phi) is 5.03. The molecule has 0 fully saturated rings. The van der Waals surface area contributed by atoms with E-state index >= 15 is 0 Å². The number of para-hydroxylation sites is 1. The molecule has 0 aliphatic carbocycles. The van der Waals surface area contributed by atoms with Crippen LogP contribution in [0.15, 0.2) is 61.1 Å². The topological polar surface area (TPSA) is 122 Å². The number of anilines is 1. The number of benzene rings is 2. The number of nitrogen functional groups attached to an aromatic ring is 1. The first-order chi connectivity index (χ1) is 14.4. The Hall–Kier alpha value is -3.98. The molecule has 150 valence electrons. The molecule has 4 rings (SSSR count). The van der Waals surface area contributed by atoms with Gasteiger partial charge in [0.2, 0.25) is 5.88 Å². The Labute approximate surface area is 174 Å². The van der Waals surface area contributed by atoms with Crippen molar-refractivity contribution in [3.05, 3.63) is 77.6 Å². The third kappa shape index (κ3) is 3.65. The van der Waals surface area contributed by atoms with E-state index in [4.69, 9.17) is 27.8 Å². The number of carbonyl (C=O) groups is 1. The lowest BCUT2D eigenvalue weighted by molar-refractivity contribution is 0.0996. The van der Waals surface area contributed by atoms with Crippen LogP contribution < -0.4 is 16.2 Å². The fourth-order valence-corrected chi connectivity index (χ4v) is 2.91. The average Bonchev–Trinajstić information content (AvgIpc) is 3.19. The summed E-state index contributed by atoms with van der Waals surface area (Å²) in [5.74, 6) is -1.63. The Morgan fingerprint density at radius 2 is 1.90 bits per heavy atom. The number of hydrogen-bond donors (Lipinski definition) is 2. The Bertz CT molecular complexity index is 1250. The zero-order chi connectivity index (χ0) is 21.3. The number of primary amides is 1. The van der Waals surface area contributed by atoms with Crippen LogP contribution in [0.3, 0.4) is 0 Å². The Morgan fingerprint density at radius 1 is 1.13 bits per heavy atom. The fraction of sp³-hybridized carbons (Fsp3) is 0. The summed E-state index contributed by atoms with van der Waals surface area (Å²) in [4.78, 5) is 19.5. The molecule has 10 heteroatoms. The highest BCUT2D eigenvalue weighted by Gasteiger charge is 2.19. The van der Waals surface area contributed by atoms with Crippen molar-refractivity contribution in [2.24, 2.45) is 5.73 Å². The van der Waals surface area contributed by atoms with E-state index in [2.05, 4.69) is 15.1 Å². The molecule has 0 radical (unpaired) electrons. The molecule has 0 atom stereocenters. The van der Waals surface area contributed by atoms with Crippen LogP contribution in [-0.4, -0.2) is 25.7 Å². The monoisotopic (exact) mass is 424 g/mol. The quantitative estimate of drug-likeness (QED) is 0.504. The second-order valence-corrected chi connectivity index (χ2v) is 6.54. The molecule has 4 aromatic rings. The van der Waals surface area contributed by atoms with E-state index in [1.807, 2.05) is 30.3 Å². The number of halogens is 2. The van der Waals surface area contributed by atoms with E-state index in [1.54, 1.807) is 12.3 Å². The largest absolute Gasteiger partial charge is 0.434 e. The van der Waals surface area contributed by atoms with Gasteiger partial charge in [-0.3, -0.25) is 4.79 Å². The van der Waals surface area contributed by atoms with Crippen LogP contribution in [0.25, 0.3) is 16.8 Å². The molecule has 2 aromatic heterocycles. The number of ether oxygens (including phenoxy) is 1. The molecule has 0 saturated carbocycles. The van der Waals surface area contributed by atoms with Crippen molar-refractivity contribution in [3.8, 4) is 28.4 Å². The summed E-state index contributed by atoms with van der Waals surface area (Å²) in [7, 11) is 0. The Balaban J connectivity index is 1.71. The predicted molar refractivity (Wildman–Crippen MR) is 109 cm³/mol. The maximum Gasteiger partial charge on any atom is 0.269 e. The lowest BCUT2D eigenvalue weighted by Gasteiger charge is -2.09. The van der Waals surface area contributed by atoms with Gasteiger partial charge in [-0.25, -0.2) is 14.1 Å². The van der Waals surface area contributed by atoms with Crippen molar-refractivity contribution >= 4 is 23.3 Å². The number of carbonyl (C=O) groups excluding carboxylic acids is 1. The van der Waals surface area contributed by atoms with Gasteiger partial charge in [0.05, 0.1) is 5.69 Å². The number of rotatable bonds is 5. The van der Waals surface area contributed by atoms with E-state index in [-0.39, 0.29) is 28.2 Å². The number of amides is 1. The van der Waals surface area contributed by atoms with Crippen molar-refractivity contribution in [2.45, 2.75) is 0 Å². The highest BCUT2D eigenvalue weighted by molar-refractivity contribution is 6.34. The summed E-state index contributed by atoms with van der Waals surface area (Å²) in [5.41, 5.74) is 12.6. The van der Waals surface area contributed by atoms with Crippen molar-refractivity contribution in [3.63, 3.8) is 0 Å². The molecule has 30 heavy (non-hydrogen) atoms. The van der Waals surface area contributed by atoms with Gasteiger partial charge in [0.1, 0.15) is 17.2 Å². The summed E-state index contributed by atoms with van der Waals surface area (Å²) >= 11 is 5.98. The van der Waals surface area contributed by atoms with E-state index in [1.165, 1.54) is 16.8 Å². The molecule has 8 nitrogen and oxygen atoms in total. The van der Waals surface area contributed by atoms with Crippen LogP contribution in [-0.2, 0) is 0 Å². The van der Waals surface area contributed by atoms with Crippen LogP contribution in [0, 0.1) is 5.82 Å². The van der Waals surface area contributed by atoms with Gasteiger partial charge in [-0.1, -0.05) is 35.9 Å². The van der Waals surface area contributed by atoms with E-state index in [0.717, 1.165) is 12.0 Å². The van der Waals surface area contributed by atoms with Crippen LogP contribution >= 0.6 is 11.6 Å². The third-order valence-corrected chi connectivity index (χ3v) is 4.56. The van der Waals surface area contributed by atoms with Crippen molar-refractivity contribution in [1.82, 2.24) is 19.7 Å². The van der Waals surface area contributed by atoms with Crippen molar-refractivity contribution in [1.29, 1.82) is 0 Å². The highest BCUT2D eigenvalue weighted by Crippen LogP contribution is 2.33. The third-order valence-electron chi connectivity index (χ3n) is 4.20. The second kappa shape index (κ2) is 7.80. The summed E-state index contributed by atoms with van der Waals surface area (Å²) < 4.78 is 21.6. The number of aromatic nitrogens is 4. The van der Waals surface area contributed by atoms with Crippen molar-refractivity contribution < 1.29 is 13.9 Å². The second-order valence-electron chi connectivity index (χ2n) is 6.16. The summed E-state index contributed by atoms with van der Waals surface area (Å²) in [6, 6.07) is 13.3. The summed E-state index contributed by atoms with van der Waals surface area (Å²) in [6.45, 7) is 0. The molecule has 0 aliphatic rings. The lowest BCUT2D eigenvalue weighted by Crippen LogP contribution is -2.13. The maximum absolute atomic E-state index is 14.7. The first kappa shape index (κ1) is 19.3. The zero-order valence-electron chi connectivity index (χ0n) is 15.3. The minimum absolute atomic E-state index is 0.0121. The molecule has 2 aromatic carbocycles. The maximum atomic E-state index is 14.7. The van der Waals surface area contributed by atoms with Gasteiger partial charge in [-0.15, -0.1) is 0 Å². The van der Waals surface area contributed by atoms with Crippen LogP contribution in [0.2, 0.25) is 5.02 Å². The average molecular weight is 425 g/mol. The fourth-order valence-electron chi connectivity index (χ4n) is 2.77. The number of nitrogens with two attached hydrogens (primary N) is 2. The molecule has 4 N–H and O–H groups in total. The van der Waals surface area contributed by atoms with Gasteiger partial charge < -0.3 is 16.2 Å². The molecule has 0 spiro atoms. The minimum atomic E-state index is -0.733. The summed E-state index contributed by atoms with van der Waals surface area (Å²) in [5, 5.41) is 4.21. The van der Waals surface area contributed by atoms with Gasteiger partial charge in [-0.2, -0.15) is 10.1 Å². The zero-order valence-corrected chi connectivity index (χ0v) is 16.0. The smallest absolute Gasteiger partial charge is 0.269 e. The first-order valence-electron chi connectivity index (χ1n) is 8.62. The molecule has 1 amide bonds. The minimum Gasteiger partial charge on any atom is -0.434 e. The normalized spacial score (nSPS) is 10.7. The van der Waals surface area contributed by atoms with Gasteiger partial charge in [0.25, 0.3) is 5.91 Å². The number of nitrogens with zero attached hydrogens (tertiary/aromatic N) is 4. The van der Waals surface area contributed by atoms with Crippen LogP contribution in [0.5, 0.6) is 11.6 Å². The van der Waals surface area contributed by atoms with E-state index in [0.29, 0.717) is 11.1 Å². The van der Waals surface area contributed by atoms with Gasteiger partial charge in [0, 0.05) is 11.8 Å². The molecule has 2 heterocycles. The van der Waals surface area contributed by atoms with Crippen LogP contribution in [0.1, 0.15) is 10.5 Å². The summed E-state index contributed by atoms with van der Waals surface area (Å²) in [6.07, 6.45) is 2.76. The van der Waals surface area contributed by atoms with Crippen molar-refractivity contribution in [2.75, 3.05) is 5.73 Å². The first-order valence-corrected chi connectivity index (χ1v) is 9.00. The molecule has 0 unspecified atom stereocenters. The predicted octanol–water partition coefficient (Wildman–Crippen LogP) is 3.60. The highest BCUT2D eigenvalue weighted by atomic mass is 35.5. The standard InChI is InChI=1S/C20H14ClFN6O2/c21-16-18(23)25-10-26-20(16)30-15-7-6-11(8-14(15)22)13-9-28(27-17(13)19(24)29)12-4-2-1-3-5-12/h1-10H,(H2,24,29)(H2,23,25,26).